The lowest BCUT2D eigenvalue weighted by molar-refractivity contribution is -0.116. The molecule has 1 amide bonds. The van der Waals surface area contributed by atoms with Crippen LogP contribution < -0.4 is 5.32 Å². The van der Waals surface area contributed by atoms with Crippen LogP contribution >= 0.6 is 11.6 Å². The van der Waals surface area contributed by atoms with Crippen LogP contribution in [0.15, 0.2) is 18.2 Å². The Kier molecular flexibility index (Phi) is 1.58. The number of rotatable bonds is 0. The molecule has 0 aliphatic carbocycles. The molecule has 0 radical (unpaired) electrons. The summed E-state index contributed by atoms with van der Waals surface area (Å²) in [6, 6.07) is 5.47. The first-order valence-corrected chi connectivity index (χ1v) is 4.16. The van der Waals surface area contributed by atoms with Gasteiger partial charge in [-0.2, -0.15) is 0 Å². The zero-order valence-electron chi connectivity index (χ0n) is 6.60. The lowest BCUT2D eigenvalue weighted by Crippen LogP contribution is -2.08. The van der Waals surface area contributed by atoms with Gasteiger partial charge in [0.1, 0.15) is 0 Å². The van der Waals surface area contributed by atoms with Gasteiger partial charge >= 0.3 is 0 Å². The fourth-order valence-electron chi connectivity index (χ4n) is 1.40. The van der Waals surface area contributed by atoms with Crippen LogP contribution in [0.4, 0.5) is 5.69 Å². The summed E-state index contributed by atoms with van der Waals surface area (Å²) in [6.07, 6.45) is 0. The SMILES string of the molecule is C[C@H]1C(=O)Nc2cc(Cl)ccc21. The van der Waals surface area contributed by atoms with Gasteiger partial charge in [0.15, 0.2) is 0 Å². The zero-order valence-corrected chi connectivity index (χ0v) is 7.35. The predicted octanol–water partition coefficient (Wildman–Crippen LogP) is 2.40. The molecule has 2 rings (SSSR count). The monoisotopic (exact) mass is 181 g/mol. The largest absolute Gasteiger partial charge is 0.325 e. The third kappa shape index (κ3) is 0.994. The summed E-state index contributed by atoms with van der Waals surface area (Å²) in [7, 11) is 0. The maximum absolute atomic E-state index is 11.2. The summed E-state index contributed by atoms with van der Waals surface area (Å²) in [4.78, 5) is 11.2. The van der Waals surface area contributed by atoms with Crippen molar-refractivity contribution in [2.75, 3.05) is 5.32 Å². The number of hydrogen-bond acceptors (Lipinski definition) is 1. The molecule has 0 unspecified atom stereocenters. The van der Waals surface area contributed by atoms with E-state index in [0.717, 1.165) is 11.3 Å². The molecule has 0 saturated heterocycles. The highest BCUT2D eigenvalue weighted by Gasteiger charge is 2.25. The minimum absolute atomic E-state index is 0.0442. The van der Waals surface area contributed by atoms with Crippen molar-refractivity contribution in [1.29, 1.82) is 0 Å². The van der Waals surface area contributed by atoms with Gasteiger partial charge < -0.3 is 5.32 Å². The summed E-state index contributed by atoms with van der Waals surface area (Å²) in [5, 5.41) is 3.42. The second-order valence-electron chi connectivity index (χ2n) is 2.94. The van der Waals surface area contributed by atoms with Crippen molar-refractivity contribution in [1.82, 2.24) is 0 Å². The molecule has 0 bridgehead atoms. The molecule has 0 fully saturated rings. The van der Waals surface area contributed by atoms with Gasteiger partial charge in [-0.15, -0.1) is 0 Å². The van der Waals surface area contributed by atoms with Crippen molar-refractivity contribution >= 4 is 23.2 Å². The summed E-state index contributed by atoms with van der Waals surface area (Å²) in [5.41, 5.74) is 1.88. The van der Waals surface area contributed by atoms with Gasteiger partial charge in [-0.3, -0.25) is 4.79 Å². The molecule has 1 atom stereocenters. The second-order valence-corrected chi connectivity index (χ2v) is 3.38. The molecule has 12 heavy (non-hydrogen) atoms. The molecule has 1 aliphatic heterocycles. The Morgan fingerprint density at radius 2 is 2.25 bits per heavy atom. The topological polar surface area (TPSA) is 29.1 Å². The normalized spacial score (nSPS) is 20.5. The van der Waals surface area contributed by atoms with E-state index in [0.29, 0.717) is 5.02 Å². The average Bonchev–Trinajstić information content (AvgIpc) is 2.28. The van der Waals surface area contributed by atoms with E-state index in [9.17, 15) is 4.79 Å². The van der Waals surface area contributed by atoms with E-state index in [4.69, 9.17) is 11.6 Å². The number of halogens is 1. The minimum atomic E-state index is -0.0442. The Hall–Kier alpha value is -1.02. The van der Waals surface area contributed by atoms with E-state index < -0.39 is 0 Å². The first-order valence-electron chi connectivity index (χ1n) is 3.79. The number of amides is 1. The van der Waals surface area contributed by atoms with Crippen LogP contribution in [-0.4, -0.2) is 5.91 Å². The number of nitrogens with one attached hydrogen (secondary N) is 1. The fourth-order valence-corrected chi connectivity index (χ4v) is 1.57. The number of benzene rings is 1. The Bertz CT molecular complexity index is 348. The van der Waals surface area contributed by atoms with Crippen LogP contribution in [0.3, 0.4) is 0 Å². The lowest BCUT2D eigenvalue weighted by atomic mass is 10.0. The highest BCUT2D eigenvalue weighted by Crippen LogP contribution is 2.33. The average molecular weight is 182 g/mol. The fraction of sp³-hybridized carbons (Fsp3) is 0.222. The molecule has 0 spiro atoms. The minimum Gasteiger partial charge on any atom is -0.325 e. The Morgan fingerprint density at radius 1 is 1.50 bits per heavy atom. The lowest BCUT2D eigenvalue weighted by Gasteiger charge is -1.99. The van der Waals surface area contributed by atoms with Gasteiger partial charge in [0.05, 0.1) is 5.92 Å². The molecule has 62 valence electrons. The van der Waals surface area contributed by atoms with Gasteiger partial charge in [-0.1, -0.05) is 17.7 Å². The first kappa shape index (κ1) is 7.62. The number of carbonyl (C=O) groups is 1. The van der Waals surface area contributed by atoms with Crippen LogP contribution in [-0.2, 0) is 4.79 Å². The van der Waals surface area contributed by atoms with Crippen LogP contribution in [0.2, 0.25) is 5.02 Å². The molecule has 0 saturated carbocycles. The zero-order chi connectivity index (χ0) is 8.72. The van der Waals surface area contributed by atoms with E-state index in [1.165, 1.54) is 0 Å². The van der Waals surface area contributed by atoms with E-state index >= 15 is 0 Å². The van der Waals surface area contributed by atoms with Gasteiger partial charge in [0.2, 0.25) is 5.91 Å². The third-order valence-corrected chi connectivity index (χ3v) is 2.37. The molecule has 1 aromatic carbocycles. The quantitative estimate of drug-likeness (QED) is 0.654. The maximum atomic E-state index is 11.2. The van der Waals surface area contributed by atoms with E-state index in [1.807, 2.05) is 13.0 Å². The molecule has 3 heteroatoms. The van der Waals surface area contributed by atoms with Crippen molar-refractivity contribution in [3.8, 4) is 0 Å². The van der Waals surface area contributed by atoms with Crippen molar-refractivity contribution in [3.05, 3.63) is 28.8 Å². The molecular weight excluding hydrogens is 174 g/mol. The van der Waals surface area contributed by atoms with Gasteiger partial charge in [0, 0.05) is 10.7 Å². The van der Waals surface area contributed by atoms with Gasteiger partial charge in [0.25, 0.3) is 0 Å². The van der Waals surface area contributed by atoms with E-state index in [1.54, 1.807) is 12.1 Å². The Morgan fingerprint density at radius 3 is 3.00 bits per heavy atom. The van der Waals surface area contributed by atoms with Crippen LogP contribution in [0, 0.1) is 0 Å². The standard InChI is InChI=1S/C9H8ClNO/c1-5-7-3-2-6(10)4-8(7)11-9(5)12/h2-5H,1H3,(H,11,12)/t5-/m1/s1. The summed E-state index contributed by atoms with van der Waals surface area (Å²) >= 11 is 5.77. The number of fused-ring (bicyclic) bond motifs is 1. The molecular formula is C9H8ClNO. The molecule has 1 N–H and O–H groups in total. The van der Waals surface area contributed by atoms with Crippen LogP contribution in [0.5, 0.6) is 0 Å². The van der Waals surface area contributed by atoms with Crippen molar-refractivity contribution in [2.45, 2.75) is 12.8 Å². The number of carbonyl (C=O) groups excluding carboxylic acids is 1. The Labute approximate surface area is 75.5 Å². The molecule has 0 aromatic heterocycles. The van der Waals surface area contributed by atoms with Crippen molar-refractivity contribution in [2.24, 2.45) is 0 Å². The Balaban J connectivity index is 2.54. The van der Waals surface area contributed by atoms with Crippen LogP contribution in [0.1, 0.15) is 18.4 Å². The predicted molar refractivity (Wildman–Crippen MR) is 48.5 cm³/mol. The maximum Gasteiger partial charge on any atom is 0.231 e. The van der Waals surface area contributed by atoms with E-state index in [-0.39, 0.29) is 11.8 Å². The van der Waals surface area contributed by atoms with Crippen molar-refractivity contribution in [3.63, 3.8) is 0 Å². The second kappa shape index (κ2) is 2.49. The highest BCUT2D eigenvalue weighted by atomic mass is 35.5. The molecule has 2 nitrogen and oxygen atoms in total. The van der Waals surface area contributed by atoms with Gasteiger partial charge in [-0.05, 0) is 24.6 Å². The first-order chi connectivity index (χ1) is 5.68. The summed E-state index contributed by atoms with van der Waals surface area (Å²) in [6.45, 7) is 1.88. The van der Waals surface area contributed by atoms with Crippen molar-refractivity contribution < 1.29 is 4.79 Å². The summed E-state index contributed by atoms with van der Waals surface area (Å²) < 4.78 is 0. The highest BCUT2D eigenvalue weighted by molar-refractivity contribution is 6.31. The molecule has 1 heterocycles. The smallest absolute Gasteiger partial charge is 0.231 e. The molecule has 1 aliphatic rings. The number of anilines is 1. The third-order valence-electron chi connectivity index (χ3n) is 2.13. The molecule has 1 aromatic rings. The number of hydrogen-bond donors (Lipinski definition) is 1. The van der Waals surface area contributed by atoms with Crippen LogP contribution in [0.25, 0.3) is 0 Å². The van der Waals surface area contributed by atoms with E-state index in [2.05, 4.69) is 5.32 Å². The summed E-state index contributed by atoms with van der Waals surface area (Å²) in [5.74, 6) is 0.00420. The van der Waals surface area contributed by atoms with Gasteiger partial charge in [-0.25, -0.2) is 0 Å².